The van der Waals surface area contributed by atoms with Crippen LogP contribution in [0.2, 0.25) is 0 Å². The SMILES string of the molecule is COc1ccc(CCC(=O)N2CCC(C(=O)c3ccc(C)cc3)CC2)cc1F. The number of methoxy groups -OCH3 is 1. The fourth-order valence-corrected chi connectivity index (χ4v) is 3.62. The molecule has 0 unspecified atom stereocenters. The Kier molecular flexibility index (Phi) is 6.45. The van der Waals surface area contributed by atoms with Crippen LogP contribution in [0.15, 0.2) is 42.5 Å². The van der Waals surface area contributed by atoms with Crippen molar-refractivity contribution in [3.8, 4) is 5.75 Å². The Hall–Kier alpha value is -2.69. The van der Waals surface area contributed by atoms with Crippen molar-refractivity contribution in [1.29, 1.82) is 0 Å². The third-order valence-corrected chi connectivity index (χ3v) is 5.40. The van der Waals surface area contributed by atoms with Gasteiger partial charge in [-0.15, -0.1) is 0 Å². The lowest BCUT2D eigenvalue weighted by molar-refractivity contribution is -0.132. The summed E-state index contributed by atoms with van der Waals surface area (Å²) < 4.78 is 18.7. The first kappa shape index (κ1) is 20.1. The molecule has 1 amide bonds. The number of hydrogen-bond acceptors (Lipinski definition) is 3. The highest BCUT2D eigenvalue weighted by Crippen LogP contribution is 2.23. The summed E-state index contributed by atoms with van der Waals surface area (Å²) in [6, 6.07) is 12.4. The van der Waals surface area contributed by atoms with Gasteiger partial charge in [-0.3, -0.25) is 9.59 Å². The molecule has 1 heterocycles. The van der Waals surface area contributed by atoms with Crippen LogP contribution in [0.3, 0.4) is 0 Å². The molecule has 1 aliphatic heterocycles. The van der Waals surface area contributed by atoms with E-state index in [1.54, 1.807) is 12.1 Å². The number of ketones is 1. The molecule has 1 aliphatic rings. The van der Waals surface area contributed by atoms with E-state index in [-0.39, 0.29) is 23.4 Å². The van der Waals surface area contributed by atoms with Gasteiger partial charge in [0.25, 0.3) is 0 Å². The highest BCUT2D eigenvalue weighted by Gasteiger charge is 2.27. The Labute approximate surface area is 165 Å². The Morgan fingerprint density at radius 3 is 2.39 bits per heavy atom. The van der Waals surface area contributed by atoms with Crippen molar-refractivity contribution < 1.29 is 18.7 Å². The summed E-state index contributed by atoms with van der Waals surface area (Å²) in [5.74, 6) is -0.0148. The van der Waals surface area contributed by atoms with Gasteiger partial charge in [-0.05, 0) is 43.9 Å². The fourth-order valence-electron chi connectivity index (χ4n) is 3.62. The Bertz CT molecular complexity index is 839. The Morgan fingerprint density at radius 2 is 1.79 bits per heavy atom. The van der Waals surface area contributed by atoms with E-state index in [0.29, 0.717) is 38.8 Å². The minimum Gasteiger partial charge on any atom is -0.494 e. The van der Waals surface area contributed by atoms with Crippen molar-refractivity contribution in [2.45, 2.75) is 32.6 Å². The van der Waals surface area contributed by atoms with Crippen LogP contribution < -0.4 is 4.74 Å². The molecule has 0 bridgehead atoms. The number of benzene rings is 2. The number of piperidine rings is 1. The van der Waals surface area contributed by atoms with Crippen LogP contribution in [-0.4, -0.2) is 36.8 Å². The summed E-state index contributed by atoms with van der Waals surface area (Å²) in [6.07, 6.45) is 2.20. The molecule has 0 aromatic heterocycles. The van der Waals surface area contributed by atoms with Crippen LogP contribution in [0.25, 0.3) is 0 Å². The number of likely N-dealkylation sites (tertiary alicyclic amines) is 1. The molecule has 0 N–H and O–H groups in total. The van der Waals surface area contributed by atoms with Gasteiger partial charge >= 0.3 is 0 Å². The van der Waals surface area contributed by atoms with E-state index in [9.17, 15) is 14.0 Å². The molecule has 3 rings (SSSR count). The predicted molar refractivity (Wildman–Crippen MR) is 106 cm³/mol. The first-order valence-electron chi connectivity index (χ1n) is 9.69. The number of hydrogen-bond donors (Lipinski definition) is 0. The Morgan fingerprint density at radius 1 is 1.11 bits per heavy atom. The second-order valence-electron chi connectivity index (χ2n) is 7.35. The van der Waals surface area contributed by atoms with E-state index >= 15 is 0 Å². The topological polar surface area (TPSA) is 46.6 Å². The van der Waals surface area contributed by atoms with E-state index in [1.165, 1.54) is 13.2 Å². The van der Waals surface area contributed by atoms with Gasteiger partial charge in [0.05, 0.1) is 7.11 Å². The molecule has 0 spiro atoms. The number of aryl methyl sites for hydroxylation is 2. The van der Waals surface area contributed by atoms with Crippen LogP contribution >= 0.6 is 0 Å². The second kappa shape index (κ2) is 9.00. The van der Waals surface area contributed by atoms with Crippen molar-refractivity contribution in [2.75, 3.05) is 20.2 Å². The molecular formula is C23H26FNO3. The number of nitrogens with zero attached hydrogens (tertiary/aromatic N) is 1. The maximum absolute atomic E-state index is 13.8. The minimum absolute atomic E-state index is 0.0255. The summed E-state index contributed by atoms with van der Waals surface area (Å²) in [7, 11) is 1.43. The van der Waals surface area contributed by atoms with Gasteiger partial charge in [-0.25, -0.2) is 4.39 Å². The van der Waals surface area contributed by atoms with E-state index in [0.717, 1.165) is 16.7 Å². The molecule has 0 saturated carbocycles. The van der Waals surface area contributed by atoms with Crippen molar-refractivity contribution >= 4 is 11.7 Å². The normalized spacial score (nSPS) is 14.8. The lowest BCUT2D eigenvalue weighted by Gasteiger charge is -2.31. The number of ether oxygens (including phenoxy) is 1. The number of carbonyl (C=O) groups is 2. The van der Waals surface area contributed by atoms with Crippen molar-refractivity contribution in [1.82, 2.24) is 4.90 Å². The van der Waals surface area contributed by atoms with Crippen LogP contribution in [0.5, 0.6) is 5.75 Å². The molecule has 5 heteroatoms. The zero-order valence-corrected chi connectivity index (χ0v) is 16.4. The monoisotopic (exact) mass is 383 g/mol. The molecular weight excluding hydrogens is 357 g/mol. The summed E-state index contributed by atoms with van der Waals surface area (Å²) in [6.45, 7) is 3.19. The van der Waals surface area contributed by atoms with E-state index in [4.69, 9.17) is 4.74 Å². The molecule has 0 radical (unpaired) electrons. The number of amides is 1. The van der Waals surface area contributed by atoms with Crippen molar-refractivity contribution in [2.24, 2.45) is 5.92 Å². The molecule has 0 atom stereocenters. The molecule has 4 nitrogen and oxygen atoms in total. The van der Waals surface area contributed by atoms with Crippen molar-refractivity contribution in [3.05, 3.63) is 65.0 Å². The van der Waals surface area contributed by atoms with Crippen LogP contribution in [0.4, 0.5) is 4.39 Å². The van der Waals surface area contributed by atoms with Gasteiger partial charge in [0.2, 0.25) is 5.91 Å². The lowest BCUT2D eigenvalue weighted by Crippen LogP contribution is -2.40. The molecule has 148 valence electrons. The van der Waals surface area contributed by atoms with E-state index in [1.807, 2.05) is 36.1 Å². The fraction of sp³-hybridized carbons (Fsp3) is 0.391. The minimum atomic E-state index is -0.414. The lowest BCUT2D eigenvalue weighted by atomic mass is 9.88. The quantitative estimate of drug-likeness (QED) is 0.703. The van der Waals surface area contributed by atoms with Gasteiger partial charge in [0, 0.05) is 31.0 Å². The van der Waals surface area contributed by atoms with E-state index < -0.39 is 5.82 Å². The highest BCUT2D eigenvalue weighted by atomic mass is 19.1. The number of carbonyl (C=O) groups excluding carboxylic acids is 2. The summed E-state index contributed by atoms with van der Waals surface area (Å²) in [5.41, 5.74) is 2.65. The van der Waals surface area contributed by atoms with Crippen LogP contribution in [-0.2, 0) is 11.2 Å². The third-order valence-electron chi connectivity index (χ3n) is 5.40. The second-order valence-corrected chi connectivity index (χ2v) is 7.35. The van der Waals surface area contributed by atoms with Gasteiger partial charge in [-0.1, -0.05) is 35.9 Å². The Balaban J connectivity index is 1.49. The van der Waals surface area contributed by atoms with Crippen LogP contribution in [0, 0.1) is 18.7 Å². The maximum atomic E-state index is 13.8. The standard InChI is InChI=1S/C23H26FNO3/c1-16-3-7-18(8-4-16)23(27)19-11-13-25(14-12-19)22(26)10-6-17-5-9-21(28-2)20(24)15-17/h3-5,7-9,15,19H,6,10-14H2,1-2H3. The smallest absolute Gasteiger partial charge is 0.222 e. The van der Waals surface area contributed by atoms with Crippen molar-refractivity contribution in [3.63, 3.8) is 0 Å². The molecule has 0 aliphatic carbocycles. The van der Waals surface area contributed by atoms with Gasteiger partial charge in [-0.2, -0.15) is 0 Å². The average molecular weight is 383 g/mol. The summed E-state index contributed by atoms with van der Waals surface area (Å²) >= 11 is 0. The first-order chi connectivity index (χ1) is 13.5. The summed E-state index contributed by atoms with van der Waals surface area (Å²) in [4.78, 5) is 26.9. The van der Waals surface area contributed by atoms with E-state index in [2.05, 4.69) is 0 Å². The number of halogens is 1. The van der Waals surface area contributed by atoms with Crippen LogP contribution in [0.1, 0.15) is 40.7 Å². The molecule has 28 heavy (non-hydrogen) atoms. The van der Waals surface area contributed by atoms with Gasteiger partial charge < -0.3 is 9.64 Å². The highest BCUT2D eigenvalue weighted by molar-refractivity contribution is 5.98. The molecule has 2 aromatic rings. The zero-order chi connectivity index (χ0) is 20.1. The zero-order valence-electron chi connectivity index (χ0n) is 16.4. The third kappa shape index (κ3) is 4.77. The number of rotatable bonds is 6. The van der Waals surface area contributed by atoms with Gasteiger partial charge in [0.15, 0.2) is 17.3 Å². The number of Topliss-reactive ketones (excluding diaryl/α,β-unsaturated/α-hetero) is 1. The first-order valence-corrected chi connectivity index (χ1v) is 9.69. The molecule has 1 fully saturated rings. The van der Waals surface area contributed by atoms with Gasteiger partial charge in [0.1, 0.15) is 0 Å². The molecule has 1 saturated heterocycles. The average Bonchev–Trinajstić information content (AvgIpc) is 2.72. The molecule has 2 aromatic carbocycles. The predicted octanol–water partition coefficient (Wildman–Crippen LogP) is 4.20. The summed E-state index contributed by atoms with van der Waals surface area (Å²) in [5, 5.41) is 0. The maximum Gasteiger partial charge on any atom is 0.222 e. The largest absolute Gasteiger partial charge is 0.494 e.